The SMILES string of the molecule is c1cn(CC2CCCCNC2)cn1. The largest absolute Gasteiger partial charge is 0.337 e. The first-order chi connectivity index (χ1) is 6.45. The van der Waals surface area contributed by atoms with Crippen molar-refractivity contribution >= 4 is 0 Å². The first-order valence-electron chi connectivity index (χ1n) is 5.11. The van der Waals surface area contributed by atoms with Crippen LogP contribution in [-0.4, -0.2) is 22.6 Å². The van der Waals surface area contributed by atoms with Gasteiger partial charge < -0.3 is 9.88 Å². The minimum Gasteiger partial charge on any atom is -0.337 e. The van der Waals surface area contributed by atoms with Crippen LogP contribution in [0.1, 0.15) is 19.3 Å². The van der Waals surface area contributed by atoms with Crippen molar-refractivity contribution in [3.63, 3.8) is 0 Å². The highest BCUT2D eigenvalue weighted by atomic mass is 15.0. The van der Waals surface area contributed by atoms with Crippen LogP contribution in [0.25, 0.3) is 0 Å². The van der Waals surface area contributed by atoms with Gasteiger partial charge in [-0.05, 0) is 31.8 Å². The Morgan fingerprint density at radius 2 is 2.46 bits per heavy atom. The van der Waals surface area contributed by atoms with Gasteiger partial charge in [-0.3, -0.25) is 0 Å². The van der Waals surface area contributed by atoms with E-state index in [1.807, 2.05) is 18.7 Å². The second-order valence-electron chi connectivity index (χ2n) is 3.83. The van der Waals surface area contributed by atoms with Crippen molar-refractivity contribution in [2.75, 3.05) is 13.1 Å². The number of hydrogen-bond donors (Lipinski definition) is 1. The van der Waals surface area contributed by atoms with Crippen LogP contribution in [0.4, 0.5) is 0 Å². The molecule has 0 bridgehead atoms. The standard InChI is InChI=1S/C10H17N3/c1-2-4-11-7-10(3-1)8-13-6-5-12-9-13/h5-6,9-11H,1-4,7-8H2. The molecule has 2 rings (SSSR count). The molecule has 0 aliphatic carbocycles. The first kappa shape index (κ1) is 8.75. The minimum atomic E-state index is 0.789. The van der Waals surface area contributed by atoms with E-state index in [0.29, 0.717) is 0 Å². The van der Waals surface area contributed by atoms with Gasteiger partial charge in [0.1, 0.15) is 0 Å². The van der Waals surface area contributed by atoms with E-state index >= 15 is 0 Å². The van der Waals surface area contributed by atoms with Crippen molar-refractivity contribution in [2.45, 2.75) is 25.8 Å². The van der Waals surface area contributed by atoms with E-state index in [-0.39, 0.29) is 0 Å². The Bertz CT molecular complexity index is 222. The van der Waals surface area contributed by atoms with E-state index in [0.717, 1.165) is 19.0 Å². The van der Waals surface area contributed by atoms with E-state index in [9.17, 15) is 0 Å². The fourth-order valence-electron chi connectivity index (χ4n) is 1.94. The molecule has 3 nitrogen and oxygen atoms in total. The van der Waals surface area contributed by atoms with Gasteiger partial charge in [0.2, 0.25) is 0 Å². The predicted molar refractivity (Wildman–Crippen MR) is 52.4 cm³/mol. The molecule has 0 saturated carbocycles. The summed E-state index contributed by atoms with van der Waals surface area (Å²) in [4.78, 5) is 4.05. The van der Waals surface area contributed by atoms with Crippen molar-refractivity contribution in [1.29, 1.82) is 0 Å². The lowest BCUT2D eigenvalue weighted by Crippen LogP contribution is -2.23. The van der Waals surface area contributed by atoms with Crippen molar-refractivity contribution in [1.82, 2.24) is 14.9 Å². The van der Waals surface area contributed by atoms with Crippen molar-refractivity contribution in [3.05, 3.63) is 18.7 Å². The first-order valence-corrected chi connectivity index (χ1v) is 5.11. The molecule has 1 fully saturated rings. The molecule has 1 atom stereocenters. The van der Waals surface area contributed by atoms with E-state index in [2.05, 4.69) is 14.9 Å². The lowest BCUT2D eigenvalue weighted by Gasteiger charge is -2.14. The molecule has 1 aromatic heterocycles. The van der Waals surface area contributed by atoms with E-state index in [1.165, 1.54) is 25.8 Å². The van der Waals surface area contributed by atoms with Crippen molar-refractivity contribution in [3.8, 4) is 0 Å². The summed E-state index contributed by atoms with van der Waals surface area (Å²) in [6.45, 7) is 3.48. The molecular weight excluding hydrogens is 162 g/mol. The highest BCUT2D eigenvalue weighted by Gasteiger charge is 2.11. The van der Waals surface area contributed by atoms with Crippen LogP contribution in [0.2, 0.25) is 0 Å². The molecule has 2 heterocycles. The Morgan fingerprint density at radius 3 is 3.31 bits per heavy atom. The summed E-state index contributed by atoms with van der Waals surface area (Å²) in [5.41, 5.74) is 0. The van der Waals surface area contributed by atoms with Crippen LogP contribution in [-0.2, 0) is 6.54 Å². The number of nitrogens with zero attached hydrogens (tertiary/aromatic N) is 2. The molecule has 1 aliphatic rings. The van der Waals surface area contributed by atoms with Crippen LogP contribution >= 0.6 is 0 Å². The summed E-state index contributed by atoms with van der Waals surface area (Å²) in [6, 6.07) is 0. The van der Waals surface area contributed by atoms with Gasteiger partial charge in [0.05, 0.1) is 6.33 Å². The maximum atomic E-state index is 4.05. The molecule has 0 radical (unpaired) electrons. The van der Waals surface area contributed by atoms with Crippen LogP contribution < -0.4 is 5.32 Å². The Hall–Kier alpha value is -0.830. The molecule has 1 aliphatic heterocycles. The maximum absolute atomic E-state index is 4.05. The summed E-state index contributed by atoms with van der Waals surface area (Å²) >= 11 is 0. The zero-order valence-corrected chi connectivity index (χ0v) is 7.95. The van der Waals surface area contributed by atoms with Gasteiger partial charge in [0.25, 0.3) is 0 Å². The number of rotatable bonds is 2. The number of aromatic nitrogens is 2. The molecule has 0 amide bonds. The Balaban J connectivity index is 1.86. The molecule has 1 aromatic rings. The van der Waals surface area contributed by atoms with Gasteiger partial charge in [0.15, 0.2) is 0 Å². The van der Waals surface area contributed by atoms with Gasteiger partial charge in [0, 0.05) is 18.9 Å². The topological polar surface area (TPSA) is 29.9 Å². The second kappa shape index (κ2) is 4.42. The fraction of sp³-hybridized carbons (Fsp3) is 0.700. The van der Waals surface area contributed by atoms with Crippen LogP contribution in [0.3, 0.4) is 0 Å². The quantitative estimate of drug-likeness (QED) is 0.741. The van der Waals surface area contributed by atoms with Gasteiger partial charge in [-0.25, -0.2) is 4.98 Å². The average Bonchev–Trinajstić information content (AvgIpc) is 2.49. The normalized spacial score (nSPS) is 24.2. The highest BCUT2D eigenvalue weighted by molar-refractivity contribution is 4.77. The van der Waals surface area contributed by atoms with Gasteiger partial charge in [-0.1, -0.05) is 6.42 Å². The summed E-state index contributed by atoms with van der Waals surface area (Å²) < 4.78 is 2.18. The van der Waals surface area contributed by atoms with E-state index < -0.39 is 0 Å². The van der Waals surface area contributed by atoms with Crippen LogP contribution in [0.15, 0.2) is 18.7 Å². The third kappa shape index (κ3) is 2.56. The van der Waals surface area contributed by atoms with Crippen molar-refractivity contribution in [2.24, 2.45) is 5.92 Å². The summed E-state index contributed by atoms with van der Waals surface area (Å²) in [6.07, 6.45) is 9.86. The third-order valence-electron chi connectivity index (χ3n) is 2.68. The average molecular weight is 179 g/mol. The van der Waals surface area contributed by atoms with Gasteiger partial charge in [-0.2, -0.15) is 0 Å². The Kier molecular flexibility index (Phi) is 2.98. The fourth-order valence-corrected chi connectivity index (χ4v) is 1.94. The molecule has 0 aromatic carbocycles. The van der Waals surface area contributed by atoms with Crippen LogP contribution in [0, 0.1) is 5.92 Å². The number of hydrogen-bond acceptors (Lipinski definition) is 2. The summed E-state index contributed by atoms with van der Waals surface area (Å²) in [5.74, 6) is 0.789. The Labute approximate surface area is 79.2 Å². The number of nitrogens with one attached hydrogen (secondary N) is 1. The maximum Gasteiger partial charge on any atom is 0.0946 e. The smallest absolute Gasteiger partial charge is 0.0946 e. The lowest BCUT2D eigenvalue weighted by atomic mass is 10.0. The highest BCUT2D eigenvalue weighted by Crippen LogP contribution is 2.12. The monoisotopic (exact) mass is 179 g/mol. The molecule has 13 heavy (non-hydrogen) atoms. The van der Waals surface area contributed by atoms with Crippen molar-refractivity contribution < 1.29 is 0 Å². The lowest BCUT2D eigenvalue weighted by molar-refractivity contribution is 0.412. The zero-order valence-electron chi connectivity index (χ0n) is 7.95. The molecule has 72 valence electrons. The zero-order chi connectivity index (χ0) is 8.93. The summed E-state index contributed by atoms with van der Waals surface area (Å²) in [5, 5.41) is 3.48. The molecule has 0 spiro atoms. The molecule has 1 unspecified atom stereocenters. The van der Waals surface area contributed by atoms with Gasteiger partial charge in [-0.15, -0.1) is 0 Å². The third-order valence-corrected chi connectivity index (χ3v) is 2.68. The summed E-state index contributed by atoms with van der Waals surface area (Å²) in [7, 11) is 0. The number of imidazole rings is 1. The predicted octanol–water partition coefficient (Wildman–Crippen LogP) is 1.27. The Morgan fingerprint density at radius 1 is 1.46 bits per heavy atom. The molecule has 1 N–H and O–H groups in total. The second-order valence-corrected chi connectivity index (χ2v) is 3.83. The molecular formula is C10H17N3. The molecule has 3 heteroatoms. The molecule has 1 saturated heterocycles. The van der Waals surface area contributed by atoms with Crippen LogP contribution in [0.5, 0.6) is 0 Å². The van der Waals surface area contributed by atoms with Gasteiger partial charge >= 0.3 is 0 Å². The van der Waals surface area contributed by atoms with E-state index in [1.54, 1.807) is 0 Å². The minimum absolute atomic E-state index is 0.789. The van der Waals surface area contributed by atoms with E-state index in [4.69, 9.17) is 0 Å².